The van der Waals surface area contributed by atoms with Gasteiger partial charge in [0.25, 0.3) is 5.91 Å². The summed E-state index contributed by atoms with van der Waals surface area (Å²) in [5.74, 6) is -0.405. The number of rotatable bonds is 4. The fourth-order valence-electron chi connectivity index (χ4n) is 2.80. The maximum absolute atomic E-state index is 12.8. The molecule has 0 aliphatic carbocycles. The number of amides is 1. The quantitative estimate of drug-likeness (QED) is 0.511. The van der Waals surface area contributed by atoms with Crippen molar-refractivity contribution in [2.75, 3.05) is 5.32 Å². The number of hydrogen-bond acceptors (Lipinski definition) is 4. The first-order valence-corrected chi connectivity index (χ1v) is 9.07. The molecule has 0 saturated carbocycles. The lowest BCUT2D eigenvalue weighted by Crippen LogP contribution is -2.12. The summed E-state index contributed by atoms with van der Waals surface area (Å²) in [5, 5.41) is 10.6. The molecule has 4 rings (SSSR count). The van der Waals surface area contributed by atoms with Crippen molar-refractivity contribution in [2.24, 2.45) is 0 Å². The molecule has 0 unspecified atom stereocenters. The number of thiazole rings is 1. The van der Waals surface area contributed by atoms with Crippen molar-refractivity contribution in [1.82, 2.24) is 15.2 Å². The number of carbonyl (C=O) groups is 1. The molecule has 0 saturated heterocycles. The van der Waals surface area contributed by atoms with Gasteiger partial charge in [-0.25, -0.2) is 4.98 Å². The van der Waals surface area contributed by atoms with E-state index in [2.05, 4.69) is 20.5 Å². The van der Waals surface area contributed by atoms with Crippen LogP contribution < -0.4 is 5.32 Å². The molecule has 0 spiro atoms. The summed E-state index contributed by atoms with van der Waals surface area (Å²) in [6.07, 6.45) is -2.54. The monoisotopic (exact) mass is 402 g/mol. The van der Waals surface area contributed by atoms with E-state index in [0.29, 0.717) is 22.5 Å². The number of nitrogens with zero attached hydrogens (tertiary/aromatic N) is 2. The normalized spacial score (nSPS) is 11.7. The van der Waals surface area contributed by atoms with E-state index in [-0.39, 0.29) is 5.69 Å². The van der Waals surface area contributed by atoms with Crippen LogP contribution in [0.2, 0.25) is 0 Å². The van der Waals surface area contributed by atoms with Gasteiger partial charge in [-0.05, 0) is 17.7 Å². The second-order valence-electron chi connectivity index (χ2n) is 6.08. The van der Waals surface area contributed by atoms with Gasteiger partial charge in [0.15, 0.2) is 10.8 Å². The van der Waals surface area contributed by atoms with Gasteiger partial charge in [-0.15, -0.1) is 11.3 Å². The van der Waals surface area contributed by atoms with Crippen LogP contribution >= 0.6 is 11.3 Å². The van der Waals surface area contributed by atoms with Crippen LogP contribution in [0.4, 0.5) is 18.3 Å². The van der Waals surface area contributed by atoms with Crippen LogP contribution in [0.15, 0.2) is 54.7 Å². The maximum Gasteiger partial charge on any atom is 0.416 e. The molecule has 1 amide bonds. The van der Waals surface area contributed by atoms with Gasteiger partial charge in [0, 0.05) is 22.9 Å². The second-order valence-corrected chi connectivity index (χ2v) is 7.19. The Hall–Kier alpha value is -3.20. The van der Waals surface area contributed by atoms with Crippen molar-refractivity contribution in [1.29, 1.82) is 0 Å². The molecule has 0 bridgehead atoms. The molecule has 142 valence electrons. The van der Waals surface area contributed by atoms with Crippen molar-refractivity contribution in [3.63, 3.8) is 0 Å². The Kier molecular flexibility index (Phi) is 4.60. The van der Waals surface area contributed by atoms with Crippen molar-refractivity contribution < 1.29 is 18.0 Å². The topological polar surface area (TPSA) is 70.7 Å². The molecule has 0 atom stereocenters. The van der Waals surface area contributed by atoms with Crippen molar-refractivity contribution in [3.05, 3.63) is 76.4 Å². The second kappa shape index (κ2) is 7.08. The molecule has 2 heterocycles. The van der Waals surface area contributed by atoms with Gasteiger partial charge in [-0.1, -0.05) is 36.4 Å². The number of nitrogens with one attached hydrogen (secondary N) is 2. The van der Waals surface area contributed by atoms with E-state index in [1.54, 1.807) is 18.3 Å². The molecular formula is C19H13F3N4OS. The number of carbonyl (C=O) groups excluding carboxylic acids is 1. The van der Waals surface area contributed by atoms with Crippen LogP contribution in [0.25, 0.3) is 10.9 Å². The van der Waals surface area contributed by atoms with Crippen molar-refractivity contribution in [3.8, 4) is 0 Å². The van der Waals surface area contributed by atoms with Gasteiger partial charge in [0.05, 0.1) is 11.1 Å². The van der Waals surface area contributed by atoms with Gasteiger partial charge >= 0.3 is 6.18 Å². The number of hydrogen-bond donors (Lipinski definition) is 2. The summed E-state index contributed by atoms with van der Waals surface area (Å²) in [5.41, 5.74) is 0.838. The largest absolute Gasteiger partial charge is 0.416 e. The Balaban J connectivity index is 1.48. The van der Waals surface area contributed by atoms with E-state index in [4.69, 9.17) is 0 Å². The predicted molar refractivity (Wildman–Crippen MR) is 100 cm³/mol. The highest BCUT2D eigenvalue weighted by molar-refractivity contribution is 7.15. The van der Waals surface area contributed by atoms with E-state index in [1.807, 2.05) is 18.2 Å². The lowest BCUT2D eigenvalue weighted by atomic mass is 10.1. The smallest absolute Gasteiger partial charge is 0.296 e. The average Bonchev–Trinajstić information content (AvgIpc) is 3.28. The van der Waals surface area contributed by atoms with Gasteiger partial charge in [0.1, 0.15) is 0 Å². The number of alkyl halides is 3. The molecule has 28 heavy (non-hydrogen) atoms. The molecule has 2 N–H and O–H groups in total. The van der Waals surface area contributed by atoms with E-state index < -0.39 is 17.6 Å². The van der Waals surface area contributed by atoms with Crippen molar-refractivity contribution in [2.45, 2.75) is 12.6 Å². The van der Waals surface area contributed by atoms with Crippen LogP contribution in [0.1, 0.15) is 26.5 Å². The Labute approximate surface area is 161 Å². The Morgan fingerprint density at radius 2 is 1.96 bits per heavy atom. The molecule has 2 aromatic carbocycles. The standard InChI is InChI=1S/C19H13F3N4OS/c20-19(21,22)12-5-3-4-11(8-12)9-13-10-23-18(28-13)24-17(27)16-14-6-1-2-7-15(14)25-26-16/h1-8,10H,9H2,(H,25,26)(H,23,24,27). The highest BCUT2D eigenvalue weighted by Gasteiger charge is 2.30. The first-order valence-electron chi connectivity index (χ1n) is 8.25. The third kappa shape index (κ3) is 3.74. The average molecular weight is 402 g/mol. The molecule has 0 radical (unpaired) electrons. The third-order valence-corrected chi connectivity index (χ3v) is 5.00. The Morgan fingerprint density at radius 1 is 1.14 bits per heavy atom. The summed E-state index contributed by atoms with van der Waals surface area (Å²) in [4.78, 5) is 17.3. The Morgan fingerprint density at radius 3 is 2.79 bits per heavy atom. The minimum atomic E-state index is -4.38. The number of para-hydroxylation sites is 1. The molecule has 5 nitrogen and oxygen atoms in total. The minimum Gasteiger partial charge on any atom is -0.296 e. The van der Waals surface area contributed by atoms with E-state index in [0.717, 1.165) is 22.5 Å². The lowest BCUT2D eigenvalue weighted by Gasteiger charge is -2.07. The number of aromatic amines is 1. The molecular weight excluding hydrogens is 389 g/mol. The highest BCUT2D eigenvalue weighted by Crippen LogP contribution is 2.30. The van der Waals surface area contributed by atoms with Crippen LogP contribution in [0.5, 0.6) is 0 Å². The maximum atomic E-state index is 12.8. The minimum absolute atomic E-state index is 0.255. The summed E-state index contributed by atoms with van der Waals surface area (Å²) in [6, 6.07) is 12.4. The van der Waals surface area contributed by atoms with Crippen LogP contribution in [0.3, 0.4) is 0 Å². The fourth-order valence-corrected chi connectivity index (χ4v) is 3.64. The number of H-pyrrole nitrogens is 1. The first-order chi connectivity index (χ1) is 13.4. The van der Waals surface area contributed by atoms with Crippen LogP contribution in [0, 0.1) is 0 Å². The number of fused-ring (bicyclic) bond motifs is 1. The van der Waals surface area contributed by atoms with Gasteiger partial charge < -0.3 is 0 Å². The van der Waals surface area contributed by atoms with Crippen LogP contribution in [-0.4, -0.2) is 21.1 Å². The molecule has 4 aromatic rings. The highest BCUT2D eigenvalue weighted by atomic mass is 32.1. The zero-order chi connectivity index (χ0) is 19.7. The SMILES string of the molecule is O=C(Nc1ncc(Cc2cccc(C(F)(F)F)c2)s1)c1n[nH]c2ccccc12. The fraction of sp³-hybridized carbons (Fsp3) is 0.105. The van der Waals surface area contributed by atoms with E-state index >= 15 is 0 Å². The molecule has 0 aliphatic rings. The number of halogens is 3. The van der Waals surface area contributed by atoms with Crippen LogP contribution in [-0.2, 0) is 12.6 Å². The summed E-state index contributed by atoms with van der Waals surface area (Å²) < 4.78 is 38.5. The molecule has 0 aliphatic heterocycles. The van der Waals surface area contributed by atoms with E-state index in [9.17, 15) is 18.0 Å². The number of anilines is 1. The number of aromatic nitrogens is 3. The first kappa shape index (κ1) is 18.2. The summed E-state index contributed by atoms with van der Waals surface area (Å²) >= 11 is 1.21. The van der Waals surface area contributed by atoms with E-state index in [1.165, 1.54) is 17.4 Å². The summed E-state index contributed by atoms with van der Waals surface area (Å²) in [6.45, 7) is 0. The number of benzene rings is 2. The molecule has 9 heteroatoms. The van der Waals surface area contributed by atoms with Gasteiger partial charge in [0.2, 0.25) is 0 Å². The Bertz CT molecular complexity index is 1150. The zero-order valence-electron chi connectivity index (χ0n) is 14.2. The molecule has 2 aromatic heterocycles. The third-order valence-electron chi connectivity index (χ3n) is 4.09. The van der Waals surface area contributed by atoms with Crippen molar-refractivity contribution >= 4 is 33.3 Å². The predicted octanol–water partition coefficient (Wildman–Crippen LogP) is 4.88. The van der Waals surface area contributed by atoms with Gasteiger partial charge in [-0.2, -0.15) is 18.3 Å². The summed E-state index contributed by atoms with van der Waals surface area (Å²) in [7, 11) is 0. The zero-order valence-corrected chi connectivity index (χ0v) is 15.1. The van der Waals surface area contributed by atoms with Gasteiger partial charge in [-0.3, -0.25) is 15.2 Å². The lowest BCUT2D eigenvalue weighted by molar-refractivity contribution is -0.137. The molecule has 0 fully saturated rings.